The Kier molecular flexibility index (Phi) is 5.35. The van der Waals surface area contributed by atoms with Crippen LogP contribution < -0.4 is 10.1 Å². The average Bonchev–Trinajstić information content (AvgIpc) is 3.03. The summed E-state index contributed by atoms with van der Waals surface area (Å²) < 4.78 is 5.25. The van der Waals surface area contributed by atoms with Crippen molar-refractivity contribution in [3.05, 3.63) is 29.8 Å². The summed E-state index contributed by atoms with van der Waals surface area (Å²) in [4.78, 5) is 34.8. The van der Waals surface area contributed by atoms with Gasteiger partial charge in [-0.1, -0.05) is 12.1 Å². The van der Waals surface area contributed by atoms with E-state index in [4.69, 9.17) is 9.84 Å². The highest BCUT2D eigenvalue weighted by molar-refractivity contribution is 5.76. The lowest BCUT2D eigenvalue weighted by Crippen LogP contribution is -2.37. The van der Waals surface area contributed by atoms with Crippen LogP contribution in [0.25, 0.3) is 0 Å². The predicted octanol–water partition coefficient (Wildman–Crippen LogP) is 1.02. The van der Waals surface area contributed by atoms with Crippen molar-refractivity contribution in [2.45, 2.75) is 25.3 Å². The van der Waals surface area contributed by atoms with Gasteiger partial charge in [0, 0.05) is 19.5 Å². The molecule has 1 unspecified atom stereocenters. The minimum Gasteiger partial charge on any atom is -0.480 e. The number of carboxylic acids is 1. The van der Waals surface area contributed by atoms with Crippen LogP contribution >= 0.6 is 0 Å². The Morgan fingerprint density at radius 3 is 2.45 bits per heavy atom. The van der Waals surface area contributed by atoms with Crippen molar-refractivity contribution in [1.82, 2.24) is 10.2 Å². The van der Waals surface area contributed by atoms with Crippen molar-refractivity contribution in [3.8, 4) is 5.75 Å². The minimum atomic E-state index is -1.10. The zero-order valence-electron chi connectivity index (χ0n) is 12.0. The van der Waals surface area contributed by atoms with Gasteiger partial charge in [0.25, 0.3) is 0 Å². The highest BCUT2D eigenvalue weighted by Gasteiger charge is 2.20. The number of amides is 2. The Morgan fingerprint density at radius 2 is 1.91 bits per heavy atom. The van der Waals surface area contributed by atoms with Crippen LogP contribution in [0.15, 0.2) is 24.3 Å². The number of rotatable bonds is 6. The first kappa shape index (κ1) is 15.8. The molecule has 1 aliphatic heterocycles. The van der Waals surface area contributed by atoms with Crippen LogP contribution in [0.5, 0.6) is 5.75 Å². The molecular weight excluding hydrogens is 288 g/mol. The smallest absolute Gasteiger partial charge is 0.415 e. The van der Waals surface area contributed by atoms with Crippen LogP contribution in [0, 0.1) is 0 Å². The number of likely N-dealkylation sites (tertiary alicyclic amines) is 1. The van der Waals surface area contributed by atoms with Crippen LogP contribution in [0.3, 0.4) is 0 Å². The zero-order valence-corrected chi connectivity index (χ0v) is 12.0. The van der Waals surface area contributed by atoms with E-state index in [1.54, 1.807) is 29.2 Å². The van der Waals surface area contributed by atoms with Gasteiger partial charge in [-0.3, -0.25) is 4.79 Å². The first-order valence-corrected chi connectivity index (χ1v) is 7.08. The Labute approximate surface area is 127 Å². The molecule has 1 aromatic carbocycles. The summed E-state index contributed by atoms with van der Waals surface area (Å²) >= 11 is 0. The van der Waals surface area contributed by atoms with Crippen LogP contribution in [-0.4, -0.2) is 47.6 Å². The van der Waals surface area contributed by atoms with Gasteiger partial charge in [0.2, 0.25) is 6.41 Å². The molecule has 1 aliphatic rings. The second-order valence-corrected chi connectivity index (χ2v) is 5.09. The number of hydrogen-bond acceptors (Lipinski definition) is 4. The van der Waals surface area contributed by atoms with Crippen LogP contribution in [-0.2, 0) is 16.0 Å². The van der Waals surface area contributed by atoms with Gasteiger partial charge in [0.1, 0.15) is 11.8 Å². The van der Waals surface area contributed by atoms with Crippen LogP contribution in [0.4, 0.5) is 4.79 Å². The normalized spacial score (nSPS) is 15.2. The first-order chi connectivity index (χ1) is 10.6. The SMILES string of the molecule is O=CNC(Cc1ccc(OC(=O)N2CCCC2)cc1)C(=O)O. The van der Waals surface area contributed by atoms with Gasteiger partial charge >= 0.3 is 12.1 Å². The fourth-order valence-corrected chi connectivity index (χ4v) is 2.29. The van der Waals surface area contributed by atoms with E-state index in [1.807, 2.05) is 0 Å². The molecule has 1 atom stereocenters. The topological polar surface area (TPSA) is 95.9 Å². The maximum absolute atomic E-state index is 11.8. The van der Waals surface area contributed by atoms with Crippen molar-refractivity contribution in [1.29, 1.82) is 0 Å². The molecule has 0 aromatic heterocycles. The molecule has 0 spiro atoms. The number of nitrogens with zero attached hydrogens (tertiary/aromatic N) is 1. The van der Waals surface area contributed by atoms with Gasteiger partial charge in [0.15, 0.2) is 0 Å². The summed E-state index contributed by atoms with van der Waals surface area (Å²) in [6.45, 7) is 1.43. The van der Waals surface area contributed by atoms with E-state index in [9.17, 15) is 14.4 Å². The molecule has 7 heteroatoms. The molecule has 118 valence electrons. The third kappa shape index (κ3) is 4.21. The molecule has 1 fully saturated rings. The van der Waals surface area contributed by atoms with E-state index >= 15 is 0 Å². The summed E-state index contributed by atoms with van der Waals surface area (Å²) in [6, 6.07) is 5.60. The van der Waals surface area contributed by atoms with E-state index in [0.29, 0.717) is 25.2 Å². The van der Waals surface area contributed by atoms with Gasteiger partial charge in [-0.05, 0) is 30.5 Å². The monoisotopic (exact) mass is 306 g/mol. The largest absolute Gasteiger partial charge is 0.480 e. The molecule has 2 rings (SSSR count). The summed E-state index contributed by atoms with van der Waals surface area (Å²) in [5, 5.41) is 11.2. The van der Waals surface area contributed by atoms with Gasteiger partial charge in [-0.25, -0.2) is 9.59 Å². The fourth-order valence-electron chi connectivity index (χ4n) is 2.29. The van der Waals surface area contributed by atoms with Crippen molar-refractivity contribution >= 4 is 18.5 Å². The van der Waals surface area contributed by atoms with Gasteiger partial charge in [-0.15, -0.1) is 0 Å². The third-order valence-corrected chi connectivity index (χ3v) is 3.50. The van der Waals surface area contributed by atoms with Crippen molar-refractivity contribution < 1.29 is 24.2 Å². The average molecular weight is 306 g/mol. The number of ether oxygens (including phenoxy) is 1. The van der Waals surface area contributed by atoms with E-state index in [-0.39, 0.29) is 12.5 Å². The first-order valence-electron chi connectivity index (χ1n) is 7.08. The Balaban J connectivity index is 1.93. The lowest BCUT2D eigenvalue weighted by atomic mass is 10.1. The van der Waals surface area contributed by atoms with Gasteiger partial charge in [0.05, 0.1) is 0 Å². The number of nitrogens with one attached hydrogen (secondary N) is 1. The molecule has 22 heavy (non-hydrogen) atoms. The van der Waals surface area contributed by atoms with E-state index in [0.717, 1.165) is 18.4 Å². The zero-order chi connectivity index (χ0) is 15.9. The molecule has 1 aromatic rings. The molecule has 2 N–H and O–H groups in total. The summed E-state index contributed by atoms with van der Waals surface area (Å²) in [5.74, 6) is -0.687. The number of carbonyl (C=O) groups is 3. The van der Waals surface area contributed by atoms with Gasteiger partial charge < -0.3 is 20.1 Å². The standard InChI is InChI=1S/C15H18N2O5/c18-10-16-13(14(19)20)9-11-3-5-12(6-4-11)22-15(21)17-7-1-2-8-17/h3-6,10,13H,1-2,7-9H2,(H,16,18)(H,19,20). The molecule has 0 aliphatic carbocycles. The lowest BCUT2D eigenvalue weighted by molar-refractivity contribution is -0.140. The Bertz CT molecular complexity index is 537. The molecule has 2 amide bonds. The summed E-state index contributed by atoms with van der Waals surface area (Å²) in [5.41, 5.74) is 0.725. The van der Waals surface area contributed by atoms with Crippen molar-refractivity contribution in [2.24, 2.45) is 0 Å². The maximum atomic E-state index is 11.8. The number of hydrogen-bond donors (Lipinski definition) is 2. The molecule has 0 radical (unpaired) electrons. The molecule has 7 nitrogen and oxygen atoms in total. The second kappa shape index (κ2) is 7.44. The van der Waals surface area contributed by atoms with E-state index in [1.165, 1.54) is 0 Å². The van der Waals surface area contributed by atoms with Crippen LogP contribution in [0.1, 0.15) is 18.4 Å². The lowest BCUT2D eigenvalue weighted by Gasteiger charge is -2.15. The second-order valence-electron chi connectivity index (χ2n) is 5.09. The van der Waals surface area contributed by atoms with E-state index in [2.05, 4.69) is 5.32 Å². The van der Waals surface area contributed by atoms with Crippen molar-refractivity contribution in [3.63, 3.8) is 0 Å². The maximum Gasteiger partial charge on any atom is 0.415 e. The molecular formula is C15H18N2O5. The Morgan fingerprint density at radius 1 is 1.27 bits per heavy atom. The molecule has 0 bridgehead atoms. The quantitative estimate of drug-likeness (QED) is 0.765. The van der Waals surface area contributed by atoms with E-state index < -0.39 is 12.0 Å². The Hall–Kier alpha value is -2.57. The van der Waals surface area contributed by atoms with Crippen molar-refractivity contribution in [2.75, 3.05) is 13.1 Å². The number of carboxylic acid groups (broad SMARTS) is 1. The molecule has 0 saturated carbocycles. The highest BCUT2D eigenvalue weighted by Crippen LogP contribution is 2.16. The molecule has 1 saturated heterocycles. The summed E-state index contributed by atoms with van der Waals surface area (Å²) in [7, 11) is 0. The third-order valence-electron chi connectivity index (χ3n) is 3.50. The minimum absolute atomic E-state index is 0.161. The highest BCUT2D eigenvalue weighted by atomic mass is 16.6. The molecule has 1 heterocycles. The fraction of sp³-hybridized carbons (Fsp3) is 0.400. The van der Waals surface area contributed by atoms with Crippen LogP contribution in [0.2, 0.25) is 0 Å². The predicted molar refractivity (Wildman–Crippen MR) is 77.6 cm³/mol. The number of benzene rings is 1. The van der Waals surface area contributed by atoms with Gasteiger partial charge in [-0.2, -0.15) is 0 Å². The number of aliphatic carboxylic acids is 1. The number of carbonyl (C=O) groups excluding carboxylic acids is 2. The summed E-state index contributed by atoms with van der Waals surface area (Å²) in [6.07, 6.45) is 2.15.